The van der Waals surface area contributed by atoms with Crippen LogP contribution < -0.4 is 14.8 Å². The molecule has 0 aromatic heterocycles. The van der Waals surface area contributed by atoms with E-state index in [9.17, 15) is 4.79 Å². The van der Waals surface area contributed by atoms with Gasteiger partial charge in [0.1, 0.15) is 0 Å². The summed E-state index contributed by atoms with van der Waals surface area (Å²) < 4.78 is 11.2. The van der Waals surface area contributed by atoms with E-state index in [1.807, 2.05) is 24.3 Å². The maximum absolute atomic E-state index is 12.3. The van der Waals surface area contributed by atoms with Gasteiger partial charge in [-0.15, -0.1) is 0 Å². The molecule has 1 saturated carbocycles. The Morgan fingerprint density at radius 3 is 2.74 bits per heavy atom. The molecule has 6 heteroatoms. The van der Waals surface area contributed by atoms with Crippen LogP contribution in [0.1, 0.15) is 51.5 Å². The van der Waals surface area contributed by atoms with Crippen LogP contribution in [-0.2, 0) is 4.79 Å². The smallest absolute Gasteiger partial charge is 0.264 e. The summed E-state index contributed by atoms with van der Waals surface area (Å²) in [6.07, 6.45) is 7.87. The van der Waals surface area contributed by atoms with Crippen LogP contribution in [0.25, 0.3) is 6.08 Å². The van der Waals surface area contributed by atoms with Crippen molar-refractivity contribution in [3.63, 3.8) is 0 Å². The molecule has 0 radical (unpaired) electrons. The van der Waals surface area contributed by atoms with E-state index in [1.54, 1.807) is 7.11 Å². The zero-order valence-electron chi connectivity index (χ0n) is 16.3. The van der Waals surface area contributed by atoms with Crippen LogP contribution in [-0.4, -0.2) is 30.8 Å². The van der Waals surface area contributed by atoms with E-state index in [-0.39, 0.29) is 5.91 Å². The first-order valence-electron chi connectivity index (χ1n) is 9.64. The van der Waals surface area contributed by atoms with Gasteiger partial charge in [-0.05, 0) is 54.3 Å². The van der Waals surface area contributed by atoms with Gasteiger partial charge in [-0.3, -0.25) is 9.79 Å². The maximum Gasteiger partial charge on any atom is 0.264 e. The predicted octanol–water partition coefficient (Wildman–Crippen LogP) is 4.62. The van der Waals surface area contributed by atoms with E-state index in [2.05, 4.69) is 19.2 Å². The number of nitrogens with zero attached hydrogens (tertiary/aromatic N) is 1. The number of amides is 1. The van der Waals surface area contributed by atoms with E-state index in [0.29, 0.717) is 35.0 Å². The Morgan fingerprint density at radius 2 is 2.04 bits per heavy atom. The maximum atomic E-state index is 12.3. The second-order valence-electron chi connectivity index (χ2n) is 7.41. The van der Waals surface area contributed by atoms with Gasteiger partial charge in [0.25, 0.3) is 5.91 Å². The van der Waals surface area contributed by atoms with Crippen molar-refractivity contribution in [2.45, 2.75) is 52.0 Å². The van der Waals surface area contributed by atoms with Crippen molar-refractivity contribution in [1.82, 2.24) is 5.32 Å². The summed E-state index contributed by atoms with van der Waals surface area (Å²) in [5, 5.41) is 3.62. The summed E-state index contributed by atoms with van der Waals surface area (Å²) in [4.78, 5) is 17.7. The number of rotatable bonds is 6. The molecule has 0 spiro atoms. The molecule has 0 atom stereocenters. The molecule has 2 fully saturated rings. The number of hydrogen-bond acceptors (Lipinski definition) is 5. The number of thioether (sulfide) groups is 1. The van der Waals surface area contributed by atoms with E-state index in [0.717, 1.165) is 23.6 Å². The Balaban J connectivity index is 1.74. The standard InChI is InChI=1S/C21H28N2O3S/c1-14(2)13-26-18-11-15(9-10-17(18)25-3)12-19-20(24)23-21(27-19)22-16-7-5-4-6-8-16/h9-12,14,16H,4-8,13H2,1-3H3,(H,22,23,24)/b19-12-. The fourth-order valence-electron chi connectivity index (χ4n) is 3.17. The summed E-state index contributed by atoms with van der Waals surface area (Å²) in [5.74, 6) is 1.72. The molecule has 1 aliphatic carbocycles. The number of carbonyl (C=O) groups is 1. The van der Waals surface area contributed by atoms with Crippen molar-refractivity contribution in [2.24, 2.45) is 10.9 Å². The normalized spacial score (nSPS) is 21.1. The largest absolute Gasteiger partial charge is 0.493 e. The highest BCUT2D eigenvalue weighted by molar-refractivity contribution is 8.18. The second-order valence-corrected chi connectivity index (χ2v) is 8.44. The molecule has 1 aliphatic heterocycles. The summed E-state index contributed by atoms with van der Waals surface area (Å²) in [7, 11) is 1.63. The Bertz CT molecular complexity index is 737. The van der Waals surface area contributed by atoms with Gasteiger partial charge in [-0.25, -0.2) is 0 Å². The van der Waals surface area contributed by atoms with Crippen LogP contribution in [0.15, 0.2) is 28.1 Å². The summed E-state index contributed by atoms with van der Waals surface area (Å²) in [6.45, 7) is 4.82. The van der Waals surface area contributed by atoms with Crippen molar-refractivity contribution in [3.8, 4) is 11.5 Å². The number of aliphatic imine (C=N–C) groups is 1. The van der Waals surface area contributed by atoms with Crippen molar-refractivity contribution < 1.29 is 14.3 Å². The van der Waals surface area contributed by atoms with E-state index in [1.165, 1.54) is 31.0 Å². The van der Waals surface area contributed by atoms with Crippen LogP contribution >= 0.6 is 11.8 Å². The average molecular weight is 389 g/mol. The molecule has 1 aromatic rings. The zero-order valence-corrected chi connectivity index (χ0v) is 17.1. The van der Waals surface area contributed by atoms with Crippen LogP contribution in [0.2, 0.25) is 0 Å². The van der Waals surface area contributed by atoms with Crippen molar-refractivity contribution in [1.29, 1.82) is 0 Å². The fraction of sp³-hybridized carbons (Fsp3) is 0.524. The van der Waals surface area contributed by atoms with Gasteiger partial charge in [0, 0.05) is 0 Å². The minimum absolute atomic E-state index is 0.0879. The van der Waals surface area contributed by atoms with Gasteiger partial charge in [0.05, 0.1) is 24.7 Å². The van der Waals surface area contributed by atoms with Crippen molar-refractivity contribution in [2.75, 3.05) is 13.7 Å². The van der Waals surface area contributed by atoms with Gasteiger partial charge in [0.2, 0.25) is 0 Å². The monoisotopic (exact) mass is 388 g/mol. The van der Waals surface area contributed by atoms with Gasteiger partial charge in [0.15, 0.2) is 16.7 Å². The number of hydrogen-bond donors (Lipinski definition) is 1. The number of methoxy groups -OCH3 is 1. The third-order valence-corrected chi connectivity index (χ3v) is 5.51. The van der Waals surface area contributed by atoms with E-state index in [4.69, 9.17) is 14.5 Å². The van der Waals surface area contributed by atoms with Crippen molar-refractivity contribution in [3.05, 3.63) is 28.7 Å². The minimum atomic E-state index is -0.0879. The molecule has 1 saturated heterocycles. The topological polar surface area (TPSA) is 59.9 Å². The van der Waals surface area contributed by atoms with E-state index >= 15 is 0 Å². The molecule has 5 nitrogen and oxygen atoms in total. The number of nitrogens with one attached hydrogen (secondary N) is 1. The highest BCUT2D eigenvalue weighted by atomic mass is 32.2. The number of benzene rings is 1. The Kier molecular flexibility index (Phi) is 6.83. The lowest BCUT2D eigenvalue weighted by molar-refractivity contribution is -0.115. The molecule has 1 aromatic carbocycles. The molecule has 146 valence electrons. The lowest BCUT2D eigenvalue weighted by Crippen LogP contribution is -2.22. The summed E-state index contributed by atoms with van der Waals surface area (Å²) >= 11 is 1.42. The summed E-state index contributed by atoms with van der Waals surface area (Å²) in [6, 6.07) is 6.06. The molecule has 2 aliphatic rings. The molecule has 1 N–H and O–H groups in total. The molecule has 3 rings (SSSR count). The lowest BCUT2D eigenvalue weighted by atomic mass is 9.96. The highest BCUT2D eigenvalue weighted by Gasteiger charge is 2.25. The second kappa shape index (κ2) is 9.31. The Hall–Kier alpha value is -1.95. The Labute approximate surface area is 165 Å². The third kappa shape index (κ3) is 5.51. The van der Waals surface area contributed by atoms with Crippen LogP contribution in [0.3, 0.4) is 0 Å². The molecular formula is C21H28N2O3S. The van der Waals surface area contributed by atoms with E-state index < -0.39 is 0 Å². The zero-order chi connectivity index (χ0) is 19.2. The lowest BCUT2D eigenvalue weighted by Gasteiger charge is -2.17. The fourth-order valence-corrected chi connectivity index (χ4v) is 4.06. The van der Waals surface area contributed by atoms with Gasteiger partial charge in [-0.2, -0.15) is 0 Å². The first-order chi connectivity index (χ1) is 13.0. The molecular weight excluding hydrogens is 360 g/mol. The molecule has 27 heavy (non-hydrogen) atoms. The number of amidine groups is 1. The Morgan fingerprint density at radius 1 is 1.26 bits per heavy atom. The molecule has 0 bridgehead atoms. The molecule has 0 unspecified atom stereocenters. The minimum Gasteiger partial charge on any atom is -0.493 e. The average Bonchev–Trinajstić information content (AvgIpc) is 2.99. The predicted molar refractivity (Wildman–Crippen MR) is 111 cm³/mol. The first kappa shape index (κ1) is 19.8. The van der Waals surface area contributed by atoms with Gasteiger partial charge < -0.3 is 14.8 Å². The van der Waals surface area contributed by atoms with Crippen molar-refractivity contribution >= 4 is 28.9 Å². The quantitative estimate of drug-likeness (QED) is 0.722. The SMILES string of the molecule is COc1ccc(/C=C2\SC(=NC3CCCCC3)NC2=O)cc1OCC(C)C. The number of ether oxygens (including phenoxy) is 2. The van der Waals surface area contributed by atoms with Crippen LogP contribution in [0, 0.1) is 5.92 Å². The third-order valence-electron chi connectivity index (χ3n) is 4.58. The molecule has 1 heterocycles. The van der Waals surface area contributed by atoms with Crippen LogP contribution in [0.5, 0.6) is 11.5 Å². The molecule has 1 amide bonds. The van der Waals surface area contributed by atoms with Gasteiger partial charge in [-0.1, -0.05) is 39.2 Å². The highest BCUT2D eigenvalue weighted by Crippen LogP contribution is 2.32. The summed E-state index contributed by atoms with van der Waals surface area (Å²) in [5.41, 5.74) is 0.908. The van der Waals surface area contributed by atoms with Gasteiger partial charge >= 0.3 is 0 Å². The first-order valence-corrected chi connectivity index (χ1v) is 10.5. The van der Waals surface area contributed by atoms with Crippen LogP contribution in [0.4, 0.5) is 0 Å². The number of carbonyl (C=O) groups excluding carboxylic acids is 1.